The van der Waals surface area contributed by atoms with Crippen molar-refractivity contribution >= 4 is 12.1 Å². The Bertz CT molecular complexity index is 558. The number of hydrogen-bond acceptors (Lipinski definition) is 2. The van der Waals surface area contributed by atoms with Gasteiger partial charge in [0.25, 0.3) is 0 Å². The van der Waals surface area contributed by atoms with Gasteiger partial charge in [-0.15, -0.1) is 6.58 Å². The Kier molecular flexibility index (Phi) is 3.86. The third-order valence-corrected chi connectivity index (χ3v) is 5.54. The van der Waals surface area contributed by atoms with Gasteiger partial charge in [0, 0.05) is 12.3 Å². The molecule has 3 atom stereocenters. The lowest BCUT2D eigenvalue weighted by atomic mass is 9.79. The van der Waals surface area contributed by atoms with Gasteiger partial charge < -0.3 is 0 Å². The molecule has 0 spiro atoms. The smallest absolute Gasteiger partial charge is 0.206 e. The molecule has 1 radical (unpaired) electrons. The molecular formula is C19H25O2. The van der Waals surface area contributed by atoms with Crippen LogP contribution in [0.3, 0.4) is 0 Å². The number of Topliss-reactive ketones (excluding diaryl/α,β-unsaturated/α-hetero) is 1. The van der Waals surface area contributed by atoms with Crippen molar-refractivity contribution < 1.29 is 9.59 Å². The molecule has 0 aromatic rings. The largest absolute Gasteiger partial charge is 0.295 e. The van der Waals surface area contributed by atoms with Crippen molar-refractivity contribution in [2.24, 2.45) is 22.7 Å². The molecule has 2 nitrogen and oxygen atoms in total. The van der Waals surface area contributed by atoms with E-state index in [4.69, 9.17) is 0 Å². The van der Waals surface area contributed by atoms with E-state index in [0.29, 0.717) is 12.8 Å². The van der Waals surface area contributed by atoms with E-state index >= 15 is 0 Å². The van der Waals surface area contributed by atoms with E-state index in [-0.39, 0.29) is 23.0 Å². The predicted molar refractivity (Wildman–Crippen MR) is 85.5 cm³/mol. The van der Waals surface area contributed by atoms with E-state index in [9.17, 15) is 9.59 Å². The fraction of sp³-hybridized carbons (Fsp3) is 0.579. The Morgan fingerprint density at radius 1 is 1.43 bits per heavy atom. The summed E-state index contributed by atoms with van der Waals surface area (Å²) in [6.07, 6.45) is 7.33. The number of carbonyl (C=O) groups excluding carboxylic acids is 2. The average Bonchev–Trinajstić information content (AvgIpc) is 2.71. The summed E-state index contributed by atoms with van der Waals surface area (Å²) >= 11 is 0. The maximum atomic E-state index is 12.3. The van der Waals surface area contributed by atoms with Gasteiger partial charge in [-0.3, -0.25) is 9.59 Å². The molecular weight excluding hydrogens is 260 g/mol. The van der Waals surface area contributed by atoms with Crippen LogP contribution in [0.15, 0.2) is 35.5 Å². The van der Waals surface area contributed by atoms with Gasteiger partial charge >= 0.3 is 0 Å². The van der Waals surface area contributed by atoms with Crippen LogP contribution in [-0.4, -0.2) is 12.1 Å². The van der Waals surface area contributed by atoms with E-state index in [1.165, 1.54) is 5.57 Å². The van der Waals surface area contributed by atoms with Crippen molar-refractivity contribution in [3.8, 4) is 0 Å². The summed E-state index contributed by atoms with van der Waals surface area (Å²) in [6.45, 7) is 14.1. The van der Waals surface area contributed by atoms with Crippen molar-refractivity contribution in [1.29, 1.82) is 0 Å². The normalized spacial score (nSPS) is 33.9. The minimum atomic E-state index is -0.549. The highest BCUT2D eigenvalue weighted by atomic mass is 16.1. The summed E-state index contributed by atoms with van der Waals surface area (Å²) in [5.74, 6) is 0.335. The standard InChI is InChI=1S/C19H25O2/c1-7-8-14-13(4)15(10-16(14)21)19(11-20)17(9-12(2)3)18(19,5)6/h7,9,15,17H,1,8,10H2,2-6H3. The van der Waals surface area contributed by atoms with Gasteiger partial charge in [0.2, 0.25) is 6.29 Å². The van der Waals surface area contributed by atoms with Crippen LogP contribution in [0, 0.1) is 22.7 Å². The Hall–Kier alpha value is -1.44. The molecule has 0 bridgehead atoms. The summed E-state index contributed by atoms with van der Waals surface area (Å²) < 4.78 is 0. The van der Waals surface area contributed by atoms with E-state index in [1.54, 1.807) is 6.08 Å². The molecule has 0 aromatic carbocycles. The monoisotopic (exact) mass is 285 g/mol. The quantitative estimate of drug-likeness (QED) is 0.710. The van der Waals surface area contributed by atoms with Crippen LogP contribution in [0.4, 0.5) is 0 Å². The Morgan fingerprint density at radius 3 is 2.52 bits per heavy atom. The van der Waals surface area contributed by atoms with Gasteiger partial charge in [0.15, 0.2) is 5.78 Å². The third-order valence-electron chi connectivity index (χ3n) is 5.54. The molecule has 21 heavy (non-hydrogen) atoms. The summed E-state index contributed by atoms with van der Waals surface area (Å²) in [7, 11) is 0. The molecule has 3 unspecified atom stereocenters. The predicted octanol–water partition coefficient (Wildman–Crippen LogP) is 4.19. The number of allylic oxidation sites excluding steroid dienone is 5. The minimum Gasteiger partial charge on any atom is -0.295 e. The second-order valence-corrected chi connectivity index (χ2v) is 7.25. The molecule has 0 aliphatic heterocycles. The lowest BCUT2D eigenvalue weighted by Gasteiger charge is -2.22. The minimum absolute atomic E-state index is 0.00644. The zero-order valence-corrected chi connectivity index (χ0v) is 13.7. The molecule has 2 rings (SSSR count). The maximum Gasteiger partial charge on any atom is 0.206 e. The topological polar surface area (TPSA) is 34.1 Å². The molecule has 1 saturated carbocycles. The Labute approximate surface area is 128 Å². The van der Waals surface area contributed by atoms with Crippen LogP contribution < -0.4 is 0 Å². The van der Waals surface area contributed by atoms with Crippen LogP contribution >= 0.6 is 0 Å². The molecule has 0 heterocycles. The Morgan fingerprint density at radius 2 is 2.05 bits per heavy atom. The van der Waals surface area contributed by atoms with Crippen LogP contribution in [0.2, 0.25) is 0 Å². The first-order valence-corrected chi connectivity index (χ1v) is 7.62. The van der Waals surface area contributed by atoms with E-state index in [2.05, 4.69) is 46.6 Å². The van der Waals surface area contributed by atoms with Gasteiger partial charge in [-0.05, 0) is 44.1 Å². The van der Waals surface area contributed by atoms with Crippen molar-refractivity contribution in [3.05, 3.63) is 35.5 Å². The van der Waals surface area contributed by atoms with Crippen LogP contribution in [0.1, 0.15) is 47.5 Å². The summed E-state index contributed by atoms with van der Waals surface area (Å²) in [5, 5.41) is 0. The fourth-order valence-electron chi connectivity index (χ4n) is 4.26. The first-order chi connectivity index (χ1) is 9.73. The zero-order valence-electron chi connectivity index (χ0n) is 13.7. The molecule has 0 N–H and O–H groups in total. The van der Waals surface area contributed by atoms with Crippen molar-refractivity contribution in [3.63, 3.8) is 0 Å². The molecule has 0 aromatic heterocycles. The molecule has 2 aliphatic carbocycles. The van der Waals surface area contributed by atoms with Crippen LogP contribution in [0.5, 0.6) is 0 Å². The van der Waals surface area contributed by atoms with Gasteiger partial charge in [-0.1, -0.05) is 37.1 Å². The molecule has 1 fully saturated rings. The average molecular weight is 285 g/mol. The first kappa shape index (κ1) is 15.9. The highest BCUT2D eigenvalue weighted by Crippen LogP contribution is 2.74. The SMILES string of the molecule is C=CCC1=C(C)C(C2([C]=O)C(C=C(C)C)C2(C)C)CC1=O. The lowest BCUT2D eigenvalue weighted by Crippen LogP contribution is -2.23. The number of hydrogen-bond donors (Lipinski definition) is 0. The van der Waals surface area contributed by atoms with Gasteiger partial charge in [-0.2, -0.15) is 0 Å². The molecule has 2 heteroatoms. The van der Waals surface area contributed by atoms with Crippen molar-refractivity contribution in [1.82, 2.24) is 0 Å². The number of rotatable bonds is 5. The van der Waals surface area contributed by atoms with E-state index < -0.39 is 5.41 Å². The molecule has 0 saturated heterocycles. The second kappa shape index (κ2) is 5.08. The highest BCUT2D eigenvalue weighted by molar-refractivity contribution is 6.00. The number of ketones is 1. The van der Waals surface area contributed by atoms with Gasteiger partial charge in [0.05, 0.1) is 5.41 Å². The zero-order chi connectivity index (χ0) is 16.0. The summed E-state index contributed by atoms with van der Waals surface area (Å²) in [5.41, 5.74) is 2.45. The highest BCUT2D eigenvalue weighted by Gasteiger charge is 2.74. The third kappa shape index (κ3) is 2.07. The molecule has 0 amide bonds. The Balaban J connectivity index is 2.45. The lowest BCUT2D eigenvalue weighted by molar-refractivity contribution is -0.115. The second-order valence-electron chi connectivity index (χ2n) is 7.25. The van der Waals surface area contributed by atoms with Gasteiger partial charge in [0.1, 0.15) is 0 Å². The first-order valence-electron chi connectivity index (χ1n) is 7.62. The maximum absolute atomic E-state index is 12.3. The van der Waals surface area contributed by atoms with Crippen LogP contribution in [-0.2, 0) is 9.59 Å². The van der Waals surface area contributed by atoms with Gasteiger partial charge in [-0.25, -0.2) is 0 Å². The summed E-state index contributed by atoms with van der Waals surface area (Å²) in [6, 6.07) is 0. The molecule has 2 aliphatic rings. The fourth-order valence-corrected chi connectivity index (χ4v) is 4.26. The van der Waals surface area contributed by atoms with Crippen molar-refractivity contribution in [2.75, 3.05) is 0 Å². The number of carbonyl (C=O) groups is 1. The van der Waals surface area contributed by atoms with Crippen LogP contribution in [0.25, 0.3) is 0 Å². The van der Waals surface area contributed by atoms with Crippen molar-refractivity contribution in [2.45, 2.75) is 47.5 Å². The summed E-state index contributed by atoms with van der Waals surface area (Å²) in [4.78, 5) is 24.2. The molecule has 113 valence electrons. The van der Waals surface area contributed by atoms with E-state index in [0.717, 1.165) is 11.1 Å². The van der Waals surface area contributed by atoms with E-state index in [1.807, 2.05) is 6.92 Å².